The van der Waals surface area contributed by atoms with Crippen LogP contribution < -0.4 is 10.5 Å². The fourth-order valence-corrected chi connectivity index (χ4v) is 3.05. The average Bonchev–Trinajstić information content (AvgIpc) is 3.13. The Morgan fingerprint density at radius 2 is 1.93 bits per heavy atom. The van der Waals surface area contributed by atoms with Crippen molar-refractivity contribution in [3.63, 3.8) is 0 Å². The van der Waals surface area contributed by atoms with Crippen LogP contribution in [0, 0.1) is 6.92 Å². The van der Waals surface area contributed by atoms with Gasteiger partial charge in [0.1, 0.15) is 0 Å². The minimum atomic E-state index is -0.0889. The summed E-state index contributed by atoms with van der Waals surface area (Å²) in [6.07, 6.45) is 2.34. The third-order valence-corrected chi connectivity index (χ3v) is 4.57. The molecule has 1 aromatic carbocycles. The summed E-state index contributed by atoms with van der Waals surface area (Å²) in [7, 11) is 0. The molecule has 0 fully saturated rings. The summed E-state index contributed by atoms with van der Waals surface area (Å²) in [5.74, 6) is 0.890. The molecule has 0 aliphatic heterocycles. The number of ether oxygens (including phenoxy) is 1. The van der Waals surface area contributed by atoms with Crippen LogP contribution in [0.3, 0.4) is 0 Å². The van der Waals surface area contributed by atoms with Gasteiger partial charge in [-0.2, -0.15) is 5.10 Å². The summed E-state index contributed by atoms with van der Waals surface area (Å²) in [5.41, 5.74) is 8.16. The second-order valence-electron chi connectivity index (χ2n) is 6.53. The zero-order valence-electron chi connectivity index (χ0n) is 16.8. The SMILES string of the molecule is CCOc1ccc(-n2ncc(C(=O)N(CCN)CCc3ccccc3)c2C)nn1. The van der Waals surface area contributed by atoms with Gasteiger partial charge < -0.3 is 15.4 Å². The summed E-state index contributed by atoms with van der Waals surface area (Å²) in [6.45, 7) is 5.73. The molecule has 0 saturated carbocycles. The van der Waals surface area contributed by atoms with E-state index in [9.17, 15) is 4.79 Å². The molecule has 0 unspecified atom stereocenters. The zero-order valence-corrected chi connectivity index (χ0v) is 16.8. The van der Waals surface area contributed by atoms with E-state index >= 15 is 0 Å². The molecule has 0 aliphatic rings. The molecule has 152 valence electrons. The highest BCUT2D eigenvalue weighted by Gasteiger charge is 2.21. The summed E-state index contributed by atoms with van der Waals surface area (Å²) in [5, 5.41) is 12.5. The first-order valence-electron chi connectivity index (χ1n) is 9.68. The molecule has 0 spiro atoms. The van der Waals surface area contributed by atoms with Crippen molar-refractivity contribution in [2.75, 3.05) is 26.2 Å². The van der Waals surface area contributed by atoms with Gasteiger partial charge in [-0.15, -0.1) is 10.2 Å². The second-order valence-corrected chi connectivity index (χ2v) is 6.53. The number of amides is 1. The van der Waals surface area contributed by atoms with Gasteiger partial charge in [-0.25, -0.2) is 4.68 Å². The fraction of sp³-hybridized carbons (Fsp3) is 0.333. The van der Waals surface area contributed by atoms with Gasteiger partial charge in [0, 0.05) is 25.7 Å². The molecule has 8 nitrogen and oxygen atoms in total. The average molecular weight is 394 g/mol. The van der Waals surface area contributed by atoms with Crippen LogP contribution in [-0.2, 0) is 6.42 Å². The molecule has 0 saturated heterocycles. The molecule has 2 N–H and O–H groups in total. The van der Waals surface area contributed by atoms with Gasteiger partial charge in [-0.05, 0) is 31.9 Å². The number of carbonyl (C=O) groups is 1. The van der Waals surface area contributed by atoms with Crippen molar-refractivity contribution in [1.29, 1.82) is 0 Å². The van der Waals surface area contributed by atoms with Crippen LogP contribution in [0.1, 0.15) is 28.5 Å². The lowest BCUT2D eigenvalue weighted by molar-refractivity contribution is 0.0761. The number of aromatic nitrogens is 4. The topological polar surface area (TPSA) is 99.2 Å². The molecule has 29 heavy (non-hydrogen) atoms. The molecule has 2 heterocycles. The van der Waals surface area contributed by atoms with Crippen LogP contribution in [0.2, 0.25) is 0 Å². The molecule has 0 aliphatic carbocycles. The smallest absolute Gasteiger partial charge is 0.257 e. The van der Waals surface area contributed by atoms with E-state index in [1.54, 1.807) is 27.9 Å². The van der Waals surface area contributed by atoms with E-state index in [4.69, 9.17) is 10.5 Å². The first-order chi connectivity index (χ1) is 14.1. The normalized spacial score (nSPS) is 10.7. The van der Waals surface area contributed by atoms with Gasteiger partial charge in [0.2, 0.25) is 5.88 Å². The van der Waals surface area contributed by atoms with Crippen LogP contribution >= 0.6 is 0 Å². The number of carbonyl (C=O) groups excluding carboxylic acids is 1. The van der Waals surface area contributed by atoms with E-state index < -0.39 is 0 Å². The van der Waals surface area contributed by atoms with Crippen LogP contribution in [0.15, 0.2) is 48.7 Å². The van der Waals surface area contributed by atoms with Crippen LogP contribution in [0.25, 0.3) is 5.82 Å². The minimum Gasteiger partial charge on any atom is -0.477 e. The van der Waals surface area contributed by atoms with E-state index in [2.05, 4.69) is 27.4 Å². The number of hydrogen-bond acceptors (Lipinski definition) is 6. The van der Waals surface area contributed by atoms with Gasteiger partial charge in [-0.3, -0.25) is 4.79 Å². The van der Waals surface area contributed by atoms with Crippen molar-refractivity contribution in [2.45, 2.75) is 20.3 Å². The first kappa shape index (κ1) is 20.5. The largest absolute Gasteiger partial charge is 0.477 e. The number of nitrogens with two attached hydrogens (primary N) is 1. The number of nitrogens with zero attached hydrogens (tertiary/aromatic N) is 5. The highest BCUT2D eigenvalue weighted by Crippen LogP contribution is 2.16. The third kappa shape index (κ3) is 4.97. The van der Waals surface area contributed by atoms with Gasteiger partial charge >= 0.3 is 0 Å². The Hall–Kier alpha value is -3.26. The fourth-order valence-electron chi connectivity index (χ4n) is 3.05. The van der Waals surface area contributed by atoms with Gasteiger partial charge in [0.25, 0.3) is 5.91 Å². The van der Waals surface area contributed by atoms with E-state index in [1.807, 2.05) is 32.0 Å². The first-order valence-corrected chi connectivity index (χ1v) is 9.68. The lowest BCUT2D eigenvalue weighted by Crippen LogP contribution is -2.37. The molecule has 0 atom stereocenters. The molecule has 8 heteroatoms. The lowest BCUT2D eigenvalue weighted by atomic mass is 10.1. The number of hydrogen-bond donors (Lipinski definition) is 1. The Labute approximate surface area is 170 Å². The number of benzene rings is 1. The van der Waals surface area contributed by atoms with Crippen molar-refractivity contribution in [3.05, 3.63) is 65.5 Å². The van der Waals surface area contributed by atoms with Crippen LogP contribution in [-0.4, -0.2) is 57.0 Å². The molecular weight excluding hydrogens is 368 g/mol. The maximum atomic E-state index is 13.1. The van der Waals surface area contributed by atoms with Gasteiger partial charge in [0.05, 0.1) is 24.1 Å². The molecule has 2 aromatic heterocycles. The standard InChI is InChI=1S/C21H26N6O2/c1-3-29-20-10-9-19(24-25-20)27-16(2)18(15-23-27)21(28)26(14-12-22)13-11-17-7-5-4-6-8-17/h4-10,15H,3,11-14,22H2,1-2H3. The lowest BCUT2D eigenvalue weighted by Gasteiger charge is -2.22. The Morgan fingerprint density at radius 1 is 1.14 bits per heavy atom. The van der Waals surface area contributed by atoms with Gasteiger partial charge in [-0.1, -0.05) is 30.3 Å². The summed E-state index contributed by atoms with van der Waals surface area (Å²) in [6, 6.07) is 13.6. The van der Waals surface area contributed by atoms with E-state index in [1.165, 1.54) is 5.56 Å². The van der Waals surface area contributed by atoms with Gasteiger partial charge in [0.15, 0.2) is 5.82 Å². The Morgan fingerprint density at radius 3 is 2.59 bits per heavy atom. The molecule has 1 amide bonds. The summed E-state index contributed by atoms with van der Waals surface area (Å²) < 4.78 is 6.92. The molecule has 0 bridgehead atoms. The molecule has 0 radical (unpaired) electrons. The Kier molecular flexibility index (Phi) is 6.91. The summed E-state index contributed by atoms with van der Waals surface area (Å²) >= 11 is 0. The van der Waals surface area contributed by atoms with Crippen molar-refractivity contribution in [1.82, 2.24) is 24.9 Å². The van der Waals surface area contributed by atoms with E-state index in [-0.39, 0.29) is 5.91 Å². The van der Waals surface area contributed by atoms with Crippen LogP contribution in [0.4, 0.5) is 0 Å². The van der Waals surface area contributed by atoms with Crippen molar-refractivity contribution in [3.8, 4) is 11.7 Å². The van der Waals surface area contributed by atoms with Crippen molar-refractivity contribution in [2.24, 2.45) is 5.73 Å². The monoisotopic (exact) mass is 394 g/mol. The quantitative estimate of drug-likeness (QED) is 0.596. The highest BCUT2D eigenvalue weighted by atomic mass is 16.5. The zero-order chi connectivity index (χ0) is 20.6. The maximum Gasteiger partial charge on any atom is 0.257 e. The highest BCUT2D eigenvalue weighted by molar-refractivity contribution is 5.95. The predicted octanol–water partition coefficient (Wildman–Crippen LogP) is 2.01. The van der Waals surface area contributed by atoms with E-state index in [0.717, 1.165) is 6.42 Å². The predicted molar refractivity (Wildman–Crippen MR) is 110 cm³/mol. The van der Waals surface area contributed by atoms with Crippen molar-refractivity contribution >= 4 is 5.91 Å². The second kappa shape index (κ2) is 9.79. The summed E-state index contributed by atoms with van der Waals surface area (Å²) in [4.78, 5) is 14.9. The van der Waals surface area contributed by atoms with Crippen molar-refractivity contribution < 1.29 is 9.53 Å². The Balaban J connectivity index is 1.76. The molecular formula is C21H26N6O2. The minimum absolute atomic E-state index is 0.0889. The van der Waals surface area contributed by atoms with E-state index in [0.29, 0.717) is 49.2 Å². The number of rotatable bonds is 9. The Bertz CT molecular complexity index is 924. The molecule has 3 aromatic rings. The molecule has 3 rings (SSSR count). The van der Waals surface area contributed by atoms with Crippen LogP contribution in [0.5, 0.6) is 5.88 Å². The third-order valence-electron chi connectivity index (χ3n) is 4.57. The maximum absolute atomic E-state index is 13.1.